The van der Waals surface area contributed by atoms with Crippen molar-refractivity contribution in [3.05, 3.63) is 70.4 Å². The van der Waals surface area contributed by atoms with Crippen molar-refractivity contribution in [1.29, 1.82) is 0 Å². The standard InChI is InChI=1S/C17H10ClF5N2S/c18-12-6-9(17(21,22)23)4-5-10(12)15-8-25-16(26-15)24-7-11-13(19)2-1-3-14(11)20/h1-6,8H,7H2,(H,24,25). The molecule has 3 rings (SSSR count). The van der Waals surface area contributed by atoms with Crippen LogP contribution in [0.2, 0.25) is 5.02 Å². The zero-order chi connectivity index (χ0) is 18.9. The molecule has 26 heavy (non-hydrogen) atoms. The molecule has 2 aromatic carbocycles. The van der Waals surface area contributed by atoms with Gasteiger partial charge in [0.25, 0.3) is 0 Å². The molecule has 0 fully saturated rings. The minimum Gasteiger partial charge on any atom is -0.357 e. The molecule has 3 aromatic rings. The zero-order valence-electron chi connectivity index (χ0n) is 12.9. The second kappa shape index (κ2) is 7.20. The molecule has 136 valence electrons. The van der Waals surface area contributed by atoms with Gasteiger partial charge in [0.15, 0.2) is 5.13 Å². The Morgan fingerprint density at radius 1 is 1.08 bits per heavy atom. The van der Waals surface area contributed by atoms with Gasteiger partial charge in [0.1, 0.15) is 11.6 Å². The van der Waals surface area contributed by atoms with E-state index in [9.17, 15) is 22.0 Å². The lowest BCUT2D eigenvalue weighted by atomic mass is 10.1. The summed E-state index contributed by atoms with van der Waals surface area (Å²) in [7, 11) is 0. The number of benzene rings is 2. The Balaban J connectivity index is 1.78. The fraction of sp³-hybridized carbons (Fsp3) is 0.118. The highest BCUT2D eigenvalue weighted by molar-refractivity contribution is 7.18. The highest BCUT2D eigenvalue weighted by atomic mass is 35.5. The van der Waals surface area contributed by atoms with E-state index in [0.717, 1.165) is 35.6 Å². The summed E-state index contributed by atoms with van der Waals surface area (Å²) in [5, 5.41) is 3.09. The highest BCUT2D eigenvalue weighted by Crippen LogP contribution is 2.38. The molecule has 0 spiro atoms. The van der Waals surface area contributed by atoms with Gasteiger partial charge in [-0.2, -0.15) is 13.2 Å². The Labute approximate surface area is 154 Å². The molecule has 0 amide bonds. The van der Waals surface area contributed by atoms with E-state index in [1.807, 2.05) is 0 Å². The zero-order valence-corrected chi connectivity index (χ0v) is 14.4. The van der Waals surface area contributed by atoms with Crippen molar-refractivity contribution in [3.8, 4) is 10.4 Å². The lowest BCUT2D eigenvalue weighted by molar-refractivity contribution is -0.137. The van der Waals surface area contributed by atoms with E-state index in [1.54, 1.807) is 0 Å². The van der Waals surface area contributed by atoms with E-state index < -0.39 is 23.4 Å². The molecule has 2 nitrogen and oxygen atoms in total. The lowest BCUT2D eigenvalue weighted by Gasteiger charge is -2.08. The molecule has 1 heterocycles. The molecule has 0 saturated heterocycles. The third-order valence-electron chi connectivity index (χ3n) is 3.55. The molecule has 0 aliphatic rings. The molecular formula is C17H10ClF5N2S. The Hall–Kier alpha value is -2.19. The van der Waals surface area contributed by atoms with Crippen molar-refractivity contribution in [2.75, 3.05) is 5.32 Å². The average Bonchev–Trinajstić information content (AvgIpc) is 3.02. The van der Waals surface area contributed by atoms with Crippen LogP contribution in [-0.2, 0) is 12.7 Å². The van der Waals surface area contributed by atoms with Crippen molar-refractivity contribution in [2.24, 2.45) is 0 Å². The van der Waals surface area contributed by atoms with E-state index in [4.69, 9.17) is 11.6 Å². The van der Waals surface area contributed by atoms with E-state index in [2.05, 4.69) is 10.3 Å². The lowest BCUT2D eigenvalue weighted by Crippen LogP contribution is -2.04. The van der Waals surface area contributed by atoms with E-state index in [1.165, 1.54) is 18.3 Å². The van der Waals surface area contributed by atoms with Crippen LogP contribution in [0.15, 0.2) is 42.6 Å². The van der Waals surface area contributed by atoms with Crippen LogP contribution in [0.1, 0.15) is 11.1 Å². The van der Waals surface area contributed by atoms with Crippen LogP contribution in [0, 0.1) is 11.6 Å². The smallest absolute Gasteiger partial charge is 0.357 e. The number of hydrogen-bond donors (Lipinski definition) is 1. The number of alkyl halides is 3. The summed E-state index contributed by atoms with van der Waals surface area (Å²) in [6.07, 6.45) is -3.05. The Morgan fingerprint density at radius 2 is 1.77 bits per heavy atom. The number of nitrogens with zero attached hydrogens (tertiary/aromatic N) is 1. The summed E-state index contributed by atoms with van der Waals surface area (Å²) < 4.78 is 65.3. The fourth-order valence-electron chi connectivity index (χ4n) is 2.24. The third kappa shape index (κ3) is 3.96. The molecule has 0 saturated carbocycles. The first-order valence-electron chi connectivity index (χ1n) is 7.25. The van der Waals surface area contributed by atoms with E-state index in [0.29, 0.717) is 15.6 Å². The van der Waals surface area contributed by atoms with Crippen LogP contribution < -0.4 is 5.32 Å². The monoisotopic (exact) mass is 404 g/mol. The molecular weight excluding hydrogens is 395 g/mol. The number of aromatic nitrogens is 1. The van der Waals surface area contributed by atoms with Gasteiger partial charge in [0.05, 0.1) is 10.4 Å². The van der Waals surface area contributed by atoms with Crippen molar-refractivity contribution < 1.29 is 22.0 Å². The van der Waals surface area contributed by atoms with Crippen LogP contribution in [0.4, 0.5) is 27.1 Å². The maximum atomic E-state index is 13.6. The van der Waals surface area contributed by atoms with E-state index in [-0.39, 0.29) is 17.1 Å². The van der Waals surface area contributed by atoms with Crippen LogP contribution in [-0.4, -0.2) is 4.98 Å². The van der Waals surface area contributed by atoms with Gasteiger partial charge in [-0.1, -0.05) is 35.1 Å². The summed E-state index contributed by atoms with van der Waals surface area (Å²) in [6, 6.07) is 6.60. The summed E-state index contributed by atoms with van der Waals surface area (Å²) in [4.78, 5) is 4.59. The Morgan fingerprint density at radius 3 is 2.38 bits per heavy atom. The quantitative estimate of drug-likeness (QED) is 0.511. The summed E-state index contributed by atoms with van der Waals surface area (Å²) in [5.41, 5.74) is -0.580. The topological polar surface area (TPSA) is 24.9 Å². The molecule has 0 radical (unpaired) electrons. The fourth-order valence-corrected chi connectivity index (χ4v) is 3.43. The van der Waals surface area contributed by atoms with Crippen molar-refractivity contribution in [3.63, 3.8) is 0 Å². The molecule has 0 aliphatic carbocycles. The number of thiazole rings is 1. The van der Waals surface area contributed by atoms with Gasteiger partial charge >= 0.3 is 6.18 Å². The van der Waals surface area contributed by atoms with Crippen LogP contribution >= 0.6 is 22.9 Å². The summed E-state index contributed by atoms with van der Waals surface area (Å²) >= 11 is 7.06. The third-order valence-corrected chi connectivity index (χ3v) is 4.85. The van der Waals surface area contributed by atoms with E-state index >= 15 is 0 Å². The van der Waals surface area contributed by atoms with Gasteiger partial charge in [-0.05, 0) is 24.3 Å². The number of anilines is 1. The first-order chi connectivity index (χ1) is 12.3. The number of halogens is 6. The Kier molecular flexibility index (Phi) is 5.15. The molecule has 0 aliphatic heterocycles. The van der Waals surface area contributed by atoms with Crippen molar-refractivity contribution in [2.45, 2.75) is 12.7 Å². The largest absolute Gasteiger partial charge is 0.416 e. The maximum absolute atomic E-state index is 13.6. The minimum atomic E-state index is -4.48. The molecule has 9 heteroatoms. The van der Waals surface area contributed by atoms with Crippen molar-refractivity contribution in [1.82, 2.24) is 4.98 Å². The van der Waals surface area contributed by atoms with Crippen LogP contribution in [0.3, 0.4) is 0 Å². The molecule has 1 N–H and O–H groups in total. The second-order valence-corrected chi connectivity index (χ2v) is 6.71. The SMILES string of the molecule is Fc1cccc(F)c1CNc1ncc(-c2ccc(C(F)(F)F)cc2Cl)s1. The first-order valence-corrected chi connectivity index (χ1v) is 8.45. The Bertz CT molecular complexity index is 919. The molecule has 0 bridgehead atoms. The minimum absolute atomic E-state index is 0.0600. The van der Waals surface area contributed by atoms with Crippen LogP contribution in [0.25, 0.3) is 10.4 Å². The highest BCUT2D eigenvalue weighted by Gasteiger charge is 2.31. The van der Waals surface area contributed by atoms with Crippen LogP contribution in [0.5, 0.6) is 0 Å². The van der Waals surface area contributed by atoms with Gasteiger partial charge in [-0.15, -0.1) is 0 Å². The van der Waals surface area contributed by atoms with Gasteiger partial charge in [-0.3, -0.25) is 0 Å². The first kappa shape index (κ1) is 18.6. The second-order valence-electron chi connectivity index (χ2n) is 5.28. The molecule has 0 unspecified atom stereocenters. The summed E-state index contributed by atoms with van der Waals surface area (Å²) in [6.45, 7) is -0.119. The molecule has 0 atom stereocenters. The predicted octanol–water partition coefficient (Wildman–Crippen LogP) is 6.37. The normalized spacial score (nSPS) is 11.6. The summed E-state index contributed by atoms with van der Waals surface area (Å²) in [5.74, 6) is -1.36. The van der Waals surface area contributed by atoms with Gasteiger partial charge in [-0.25, -0.2) is 13.8 Å². The predicted molar refractivity (Wildman–Crippen MR) is 91.2 cm³/mol. The molecule has 1 aromatic heterocycles. The average molecular weight is 405 g/mol. The van der Waals surface area contributed by atoms with Gasteiger partial charge in [0.2, 0.25) is 0 Å². The van der Waals surface area contributed by atoms with Gasteiger partial charge in [0, 0.05) is 28.9 Å². The maximum Gasteiger partial charge on any atom is 0.416 e. The number of nitrogens with one attached hydrogen (secondary N) is 1. The number of rotatable bonds is 4. The van der Waals surface area contributed by atoms with Crippen molar-refractivity contribution >= 4 is 28.1 Å². The number of hydrogen-bond acceptors (Lipinski definition) is 3. The van der Waals surface area contributed by atoms with Gasteiger partial charge < -0.3 is 5.32 Å².